The third-order valence-electron chi connectivity index (χ3n) is 4.09. The molecule has 0 aliphatic carbocycles. The van der Waals surface area contributed by atoms with Crippen molar-refractivity contribution in [2.24, 2.45) is 0 Å². The Morgan fingerprint density at radius 2 is 1.42 bits per heavy atom. The Labute approximate surface area is 148 Å². The van der Waals surface area contributed by atoms with Gasteiger partial charge in [-0.15, -0.1) is 10.2 Å². The zero-order chi connectivity index (χ0) is 17.9. The number of methoxy groups -OCH3 is 1. The summed E-state index contributed by atoms with van der Waals surface area (Å²) in [5.74, 6) is -0.334. The second-order valence-electron chi connectivity index (χ2n) is 5.84. The second kappa shape index (κ2) is 6.89. The molecule has 0 N–H and O–H groups in total. The van der Waals surface area contributed by atoms with E-state index < -0.39 is 0 Å². The van der Waals surface area contributed by atoms with E-state index in [1.54, 1.807) is 9.36 Å². The minimum Gasteiger partial charge on any atom is -0.468 e. The Hall–Kier alpha value is -3.33. The Bertz CT molecular complexity index is 979. The summed E-state index contributed by atoms with van der Waals surface area (Å²) in [5.41, 5.74) is 3.39. The molecule has 0 unspecified atom stereocenters. The molecule has 0 spiro atoms. The molecule has 0 saturated heterocycles. The predicted octanol–water partition coefficient (Wildman–Crippen LogP) is 1.27. The summed E-state index contributed by atoms with van der Waals surface area (Å²) in [7, 11) is 1.37. The maximum Gasteiger partial charge on any atom is 0.319 e. The van der Waals surface area contributed by atoms with Crippen molar-refractivity contribution in [1.82, 2.24) is 34.9 Å². The highest BCUT2D eigenvalue weighted by molar-refractivity contribution is 5.75. The van der Waals surface area contributed by atoms with Crippen molar-refractivity contribution in [3.63, 3.8) is 0 Å². The SMILES string of the molecule is COC(=O)CN(Cn1nnc2ccccc21)Cn1nnc2ccccc21. The number of benzene rings is 2. The van der Waals surface area contributed by atoms with Gasteiger partial charge in [0.25, 0.3) is 0 Å². The largest absolute Gasteiger partial charge is 0.468 e. The minimum atomic E-state index is -0.334. The van der Waals surface area contributed by atoms with Crippen LogP contribution in [0.5, 0.6) is 0 Å². The highest BCUT2D eigenvalue weighted by Gasteiger charge is 2.16. The van der Waals surface area contributed by atoms with Crippen molar-refractivity contribution in [3.05, 3.63) is 48.5 Å². The Morgan fingerprint density at radius 3 is 1.92 bits per heavy atom. The summed E-state index contributed by atoms with van der Waals surface area (Å²) in [6.07, 6.45) is 0. The van der Waals surface area contributed by atoms with Crippen LogP contribution in [0.2, 0.25) is 0 Å². The molecular weight excluding hydrogens is 334 g/mol. The van der Waals surface area contributed by atoms with Gasteiger partial charge in [-0.1, -0.05) is 34.7 Å². The first-order valence-electron chi connectivity index (χ1n) is 8.10. The molecule has 0 aliphatic rings. The van der Waals surface area contributed by atoms with E-state index >= 15 is 0 Å². The number of esters is 1. The summed E-state index contributed by atoms with van der Waals surface area (Å²) in [5, 5.41) is 16.7. The minimum absolute atomic E-state index is 0.0961. The quantitative estimate of drug-likeness (QED) is 0.483. The van der Waals surface area contributed by atoms with Crippen LogP contribution < -0.4 is 0 Å². The lowest BCUT2D eigenvalue weighted by Crippen LogP contribution is -2.34. The third kappa shape index (κ3) is 3.11. The molecule has 0 bridgehead atoms. The molecule has 4 aromatic rings. The van der Waals surface area contributed by atoms with Crippen LogP contribution in [0.4, 0.5) is 0 Å². The van der Waals surface area contributed by atoms with Crippen molar-refractivity contribution < 1.29 is 9.53 Å². The molecular formula is C17H17N7O2. The highest BCUT2D eigenvalue weighted by Crippen LogP contribution is 2.13. The molecule has 0 radical (unpaired) electrons. The highest BCUT2D eigenvalue weighted by atomic mass is 16.5. The van der Waals surface area contributed by atoms with Crippen LogP contribution in [-0.2, 0) is 22.9 Å². The van der Waals surface area contributed by atoms with Gasteiger partial charge in [-0.3, -0.25) is 9.69 Å². The zero-order valence-corrected chi connectivity index (χ0v) is 14.2. The molecule has 0 fully saturated rings. The van der Waals surface area contributed by atoms with E-state index in [2.05, 4.69) is 20.6 Å². The van der Waals surface area contributed by atoms with Gasteiger partial charge in [-0.05, 0) is 24.3 Å². The van der Waals surface area contributed by atoms with Crippen molar-refractivity contribution in [1.29, 1.82) is 0 Å². The molecule has 9 nitrogen and oxygen atoms in total. The van der Waals surface area contributed by atoms with E-state index in [1.165, 1.54) is 7.11 Å². The molecule has 0 atom stereocenters. The van der Waals surface area contributed by atoms with Gasteiger partial charge in [-0.25, -0.2) is 9.36 Å². The molecule has 9 heteroatoms. The van der Waals surface area contributed by atoms with E-state index in [0.717, 1.165) is 22.1 Å². The number of aromatic nitrogens is 6. The van der Waals surface area contributed by atoms with Gasteiger partial charge in [0.15, 0.2) is 0 Å². The topological polar surface area (TPSA) is 91.0 Å². The predicted molar refractivity (Wildman–Crippen MR) is 93.8 cm³/mol. The number of fused-ring (bicyclic) bond motifs is 2. The third-order valence-corrected chi connectivity index (χ3v) is 4.09. The summed E-state index contributed by atoms with van der Waals surface area (Å²) in [6, 6.07) is 15.4. The molecule has 2 heterocycles. The lowest BCUT2D eigenvalue weighted by atomic mass is 10.3. The molecule has 0 aliphatic heterocycles. The van der Waals surface area contributed by atoms with Gasteiger partial charge in [0, 0.05) is 0 Å². The van der Waals surface area contributed by atoms with E-state index in [4.69, 9.17) is 4.74 Å². The van der Waals surface area contributed by atoms with Crippen molar-refractivity contribution >= 4 is 28.0 Å². The molecule has 2 aromatic heterocycles. The summed E-state index contributed by atoms with van der Waals surface area (Å²) >= 11 is 0. The zero-order valence-electron chi connectivity index (χ0n) is 14.2. The average molecular weight is 351 g/mol. The first kappa shape index (κ1) is 16.2. The fourth-order valence-corrected chi connectivity index (χ4v) is 2.81. The van der Waals surface area contributed by atoms with Gasteiger partial charge in [0.2, 0.25) is 0 Å². The summed E-state index contributed by atoms with van der Waals surface area (Å²) in [6.45, 7) is 0.826. The molecule has 0 amide bonds. The van der Waals surface area contributed by atoms with Crippen LogP contribution in [0.3, 0.4) is 0 Å². The van der Waals surface area contributed by atoms with Gasteiger partial charge in [-0.2, -0.15) is 0 Å². The fourth-order valence-electron chi connectivity index (χ4n) is 2.81. The fraction of sp³-hybridized carbons (Fsp3) is 0.235. The van der Waals surface area contributed by atoms with Crippen molar-refractivity contribution in [2.75, 3.05) is 13.7 Å². The van der Waals surface area contributed by atoms with Crippen LogP contribution in [0, 0.1) is 0 Å². The Morgan fingerprint density at radius 1 is 0.923 bits per heavy atom. The Kier molecular flexibility index (Phi) is 4.28. The van der Waals surface area contributed by atoms with Gasteiger partial charge in [0.05, 0.1) is 38.0 Å². The van der Waals surface area contributed by atoms with Crippen LogP contribution in [0.1, 0.15) is 0 Å². The van der Waals surface area contributed by atoms with E-state index in [0.29, 0.717) is 13.3 Å². The number of nitrogens with zero attached hydrogens (tertiary/aromatic N) is 7. The molecule has 2 aromatic carbocycles. The van der Waals surface area contributed by atoms with Crippen LogP contribution in [0.15, 0.2) is 48.5 Å². The van der Waals surface area contributed by atoms with Crippen LogP contribution in [-0.4, -0.2) is 54.5 Å². The summed E-state index contributed by atoms with van der Waals surface area (Å²) < 4.78 is 8.32. The van der Waals surface area contributed by atoms with Crippen LogP contribution >= 0.6 is 0 Å². The molecule has 26 heavy (non-hydrogen) atoms. The van der Waals surface area contributed by atoms with E-state index in [9.17, 15) is 4.79 Å². The molecule has 132 valence electrons. The molecule has 0 saturated carbocycles. The number of hydrogen-bond donors (Lipinski definition) is 0. The number of para-hydroxylation sites is 2. The first-order chi connectivity index (χ1) is 12.7. The maximum atomic E-state index is 11.9. The van der Waals surface area contributed by atoms with Gasteiger partial charge in [0.1, 0.15) is 11.0 Å². The number of rotatable bonds is 6. The monoisotopic (exact) mass is 351 g/mol. The lowest BCUT2D eigenvalue weighted by molar-refractivity contribution is -0.143. The normalized spacial score (nSPS) is 11.5. The number of hydrogen-bond acceptors (Lipinski definition) is 7. The first-order valence-corrected chi connectivity index (χ1v) is 8.10. The van der Waals surface area contributed by atoms with E-state index in [1.807, 2.05) is 53.4 Å². The average Bonchev–Trinajstić information content (AvgIpc) is 3.26. The standard InChI is InChI=1S/C17H17N7O2/c1-26-17(25)10-22(11-23-15-8-4-2-6-13(15)18-20-23)12-24-16-9-5-3-7-14(16)19-21-24/h2-9H,10-12H2,1H3. The molecule has 4 rings (SSSR count). The van der Waals surface area contributed by atoms with Gasteiger partial charge >= 0.3 is 5.97 Å². The van der Waals surface area contributed by atoms with E-state index in [-0.39, 0.29) is 12.5 Å². The number of carbonyl (C=O) groups is 1. The summed E-state index contributed by atoms with van der Waals surface area (Å²) in [4.78, 5) is 13.7. The second-order valence-corrected chi connectivity index (χ2v) is 5.84. The van der Waals surface area contributed by atoms with Crippen molar-refractivity contribution in [2.45, 2.75) is 13.3 Å². The smallest absolute Gasteiger partial charge is 0.319 e. The Balaban J connectivity index is 1.62. The van der Waals surface area contributed by atoms with Crippen LogP contribution in [0.25, 0.3) is 22.1 Å². The van der Waals surface area contributed by atoms with Gasteiger partial charge < -0.3 is 4.74 Å². The maximum absolute atomic E-state index is 11.9. The number of carbonyl (C=O) groups excluding carboxylic acids is 1. The van der Waals surface area contributed by atoms with Crippen molar-refractivity contribution in [3.8, 4) is 0 Å². The number of ether oxygens (including phenoxy) is 1. The lowest BCUT2D eigenvalue weighted by Gasteiger charge is -2.21.